The minimum absolute atomic E-state index is 0.00507. The summed E-state index contributed by atoms with van der Waals surface area (Å²) in [7, 11) is 2.08. The molecule has 44 heavy (non-hydrogen) atoms. The maximum Gasteiger partial charge on any atom is 0.312 e. The zero-order valence-electron chi connectivity index (χ0n) is 27.9. The number of carbonyl (C=O) groups is 3. The molecule has 238 valence electrons. The number of hydrogen-bond acceptors (Lipinski definition) is 5. The molecule has 6 atom stereocenters. The minimum atomic E-state index is -0.437. The van der Waals surface area contributed by atoms with Gasteiger partial charge in [0.25, 0.3) is 0 Å². The molecule has 2 amide bonds. The number of nitrogens with one attached hydrogen (secondary N) is 1. The van der Waals surface area contributed by atoms with Gasteiger partial charge in [0, 0.05) is 36.2 Å². The first kappa shape index (κ1) is 30.0. The third kappa shape index (κ3) is 3.80. The van der Waals surface area contributed by atoms with E-state index in [2.05, 4.69) is 64.0 Å². The summed E-state index contributed by atoms with van der Waals surface area (Å²) in [4.78, 5) is 44.1. The first-order valence-electron chi connectivity index (χ1n) is 16.9. The fourth-order valence-electron chi connectivity index (χ4n) is 11.6. The van der Waals surface area contributed by atoms with Crippen molar-refractivity contribution in [3.05, 3.63) is 46.3 Å². The monoisotopic (exact) mass is 601 g/mol. The summed E-state index contributed by atoms with van der Waals surface area (Å²) < 4.78 is 0. The zero-order valence-corrected chi connectivity index (χ0v) is 27.9. The number of allylic oxidation sites excluding steroid dienone is 7. The molecule has 2 heterocycles. The summed E-state index contributed by atoms with van der Waals surface area (Å²) in [6.07, 6.45) is 15.1. The molecule has 5 fully saturated rings. The van der Waals surface area contributed by atoms with Crippen molar-refractivity contribution in [2.75, 3.05) is 26.7 Å². The van der Waals surface area contributed by atoms with Crippen molar-refractivity contribution in [3.63, 3.8) is 0 Å². The van der Waals surface area contributed by atoms with Gasteiger partial charge in [0.05, 0.1) is 5.54 Å². The first-order valence-corrected chi connectivity index (χ1v) is 16.9. The van der Waals surface area contributed by atoms with Crippen LogP contribution in [0, 0.1) is 27.6 Å². The Balaban J connectivity index is 1.18. The molecule has 0 aromatic carbocycles. The van der Waals surface area contributed by atoms with Gasteiger partial charge in [-0.2, -0.15) is 0 Å². The van der Waals surface area contributed by atoms with Crippen molar-refractivity contribution in [1.82, 2.24) is 15.1 Å². The fourth-order valence-corrected chi connectivity index (χ4v) is 11.6. The summed E-state index contributed by atoms with van der Waals surface area (Å²) in [6.45, 7) is 16.1. The Kier molecular flexibility index (Phi) is 6.28. The van der Waals surface area contributed by atoms with E-state index in [0.29, 0.717) is 18.0 Å². The van der Waals surface area contributed by atoms with Crippen LogP contribution in [0.1, 0.15) is 99.3 Å². The number of aliphatic hydroxyl groups is 1. The lowest BCUT2D eigenvalue weighted by Crippen LogP contribution is -2.69. The summed E-state index contributed by atoms with van der Waals surface area (Å²) in [5.41, 5.74) is 3.38. The smallest absolute Gasteiger partial charge is 0.312 e. The van der Waals surface area contributed by atoms with E-state index in [0.717, 1.165) is 82.0 Å². The van der Waals surface area contributed by atoms with Gasteiger partial charge in [-0.15, -0.1) is 0 Å². The molecule has 7 rings (SSSR count). The summed E-state index contributed by atoms with van der Waals surface area (Å²) in [5.74, 6) is -0.823. The molecule has 0 bridgehead atoms. The standard InChI is InChI=1S/C37H51N3O4/c1-23-24-9-10-27-34(4,25(24)19-26(41)29(23)42)15-17-36(6)28-20-33(3,14-12-32(28,2)13-16-35(27,36)5)38-30(43)31(44)40-18-8-11-37(40)21-39(7)22-37/h9-10,19,28,42H,8,11-18,20-22H2,1-7H3,(H,38,43)/t28?,32-,33-,34+,35-,36+/m1/s1. The largest absolute Gasteiger partial charge is 0.504 e. The van der Waals surface area contributed by atoms with Crippen LogP contribution in [0.15, 0.2) is 46.3 Å². The fraction of sp³-hybridized carbons (Fsp3) is 0.703. The lowest BCUT2D eigenvalue weighted by molar-refractivity contribution is -0.161. The van der Waals surface area contributed by atoms with Gasteiger partial charge in [-0.05, 0) is 118 Å². The number of likely N-dealkylation sites (tertiary alicyclic amines) is 2. The Morgan fingerprint density at radius 3 is 2.36 bits per heavy atom. The number of nitrogens with zero attached hydrogens (tertiary/aromatic N) is 2. The lowest BCUT2D eigenvalue weighted by Gasteiger charge is -2.70. The predicted octanol–water partition coefficient (Wildman–Crippen LogP) is 5.79. The highest BCUT2D eigenvalue weighted by Gasteiger charge is 2.67. The molecular formula is C37H51N3O4. The van der Waals surface area contributed by atoms with E-state index < -0.39 is 11.4 Å². The molecule has 0 aromatic rings. The van der Waals surface area contributed by atoms with Crippen molar-refractivity contribution < 1.29 is 19.5 Å². The van der Waals surface area contributed by atoms with Crippen molar-refractivity contribution in [2.45, 2.75) is 110 Å². The molecule has 3 saturated carbocycles. The van der Waals surface area contributed by atoms with Crippen molar-refractivity contribution in [2.24, 2.45) is 27.6 Å². The van der Waals surface area contributed by atoms with Crippen molar-refractivity contribution in [3.8, 4) is 0 Å². The molecular weight excluding hydrogens is 550 g/mol. The molecule has 0 aromatic heterocycles. The van der Waals surface area contributed by atoms with Crippen LogP contribution in [-0.4, -0.2) is 70.3 Å². The van der Waals surface area contributed by atoms with Crippen molar-refractivity contribution in [1.29, 1.82) is 0 Å². The van der Waals surface area contributed by atoms with Gasteiger partial charge in [0.15, 0.2) is 5.76 Å². The van der Waals surface area contributed by atoms with Gasteiger partial charge in [0.2, 0.25) is 5.78 Å². The van der Waals surface area contributed by atoms with E-state index in [9.17, 15) is 19.5 Å². The van der Waals surface area contributed by atoms with Crippen LogP contribution < -0.4 is 5.32 Å². The number of aliphatic hydroxyl groups excluding tert-OH is 1. The first-order chi connectivity index (χ1) is 20.5. The highest BCUT2D eigenvalue weighted by atomic mass is 16.3. The second kappa shape index (κ2) is 9.20. The number of likely N-dealkylation sites (N-methyl/N-ethyl adjacent to an activating group) is 1. The number of ketones is 1. The SMILES string of the molecule is CC1=C(O)C(=O)C=C2C1=CC=C1[C@@]2(C)CC[C@@]2(C)C3C[C@](C)(NC(=O)C(=O)N4CCCC45CN(C)C5)CC[C@]3(C)CC[C@]12C. The van der Waals surface area contributed by atoms with Crippen LogP contribution >= 0.6 is 0 Å². The van der Waals surface area contributed by atoms with E-state index in [1.165, 1.54) is 5.57 Å². The second-order valence-corrected chi connectivity index (χ2v) is 17.0. The van der Waals surface area contributed by atoms with Gasteiger partial charge in [-0.25, -0.2) is 0 Å². The van der Waals surface area contributed by atoms with Crippen LogP contribution in [0.25, 0.3) is 0 Å². The topological polar surface area (TPSA) is 89.9 Å². The number of fused-ring (bicyclic) bond motifs is 7. The lowest BCUT2D eigenvalue weighted by atomic mass is 9.35. The van der Waals surface area contributed by atoms with E-state index >= 15 is 0 Å². The number of amides is 2. The summed E-state index contributed by atoms with van der Waals surface area (Å²) in [6, 6.07) is 0. The molecule has 0 radical (unpaired) electrons. The third-order valence-electron chi connectivity index (χ3n) is 14.5. The molecule has 1 spiro atoms. The highest BCUT2D eigenvalue weighted by molar-refractivity contribution is 6.35. The highest BCUT2D eigenvalue weighted by Crippen LogP contribution is 2.75. The van der Waals surface area contributed by atoms with E-state index in [1.807, 2.05) is 11.8 Å². The molecule has 7 nitrogen and oxygen atoms in total. The zero-order chi connectivity index (χ0) is 31.7. The second-order valence-electron chi connectivity index (χ2n) is 17.0. The molecule has 2 aliphatic heterocycles. The quantitative estimate of drug-likeness (QED) is 0.372. The van der Waals surface area contributed by atoms with Crippen LogP contribution in [0.4, 0.5) is 0 Å². The molecule has 7 aliphatic rings. The summed E-state index contributed by atoms with van der Waals surface area (Å²) >= 11 is 0. The number of carbonyl (C=O) groups excluding carboxylic acids is 3. The van der Waals surface area contributed by atoms with Gasteiger partial charge >= 0.3 is 11.8 Å². The molecule has 2 N–H and O–H groups in total. The Labute approximate surface area is 262 Å². The Hall–Kier alpha value is -2.67. The molecule has 2 saturated heterocycles. The molecule has 7 heteroatoms. The maximum atomic E-state index is 13.6. The molecule has 1 unspecified atom stereocenters. The van der Waals surface area contributed by atoms with Crippen LogP contribution in [0.5, 0.6) is 0 Å². The van der Waals surface area contributed by atoms with Gasteiger partial charge in [-0.1, -0.05) is 45.4 Å². The van der Waals surface area contributed by atoms with E-state index in [4.69, 9.17) is 0 Å². The van der Waals surface area contributed by atoms with E-state index in [1.54, 1.807) is 6.08 Å². The Bertz CT molecular complexity index is 1500. The average molecular weight is 602 g/mol. The average Bonchev–Trinajstić information content (AvgIpc) is 3.39. The number of hydrogen-bond donors (Lipinski definition) is 2. The third-order valence-corrected chi connectivity index (χ3v) is 14.5. The van der Waals surface area contributed by atoms with Gasteiger partial charge in [-0.3, -0.25) is 14.4 Å². The van der Waals surface area contributed by atoms with E-state index in [-0.39, 0.29) is 44.6 Å². The summed E-state index contributed by atoms with van der Waals surface area (Å²) in [5, 5.41) is 13.7. The van der Waals surface area contributed by atoms with Crippen LogP contribution in [0.3, 0.4) is 0 Å². The number of rotatable bonds is 1. The van der Waals surface area contributed by atoms with Crippen molar-refractivity contribution >= 4 is 17.6 Å². The Morgan fingerprint density at radius 2 is 1.66 bits per heavy atom. The minimum Gasteiger partial charge on any atom is -0.504 e. The van der Waals surface area contributed by atoms with Crippen LogP contribution in [-0.2, 0) is 14.4 Å². The Morgan fingerprint density at radius 1 is 0.955 bits per heavy atom. The normalized spacial score (nSPS) is 42.7. The predicted molar refractivity (Wildman–Crippen MR) is 171 cm³/mol. The van der Waals surface area contributed by atoms with Crippen LogP contribution in [0.2, 0.25) is 0 Å². The molecule has 5 aliphatic carbocycles. The van der Waals surface area contributed by atoms with Gasteiger partial charge in [0.1, 0.15) is 0 Å². The van der Waals surface area contributed by atoms with Gasteiger partial charge < -0.3 is 20.2 Å². The maximum absolute atomic E-state index is 13.6.